The Bertz CT molecular complexity index is 1270. The molecule has 4 aromatic rings. The van der Waals surface area contributed by atoms with Crippen LogP contribution in [0.4, 0.5) is 5.69 Å². The van der Waals surface area contributed by atoms with Crippen molar-refractivity contribution < 1.29 is 13.2 Å². The van der Waals surface area contributed by atoms with Crippen molar-refractivity contribution in [3.8, 4) is 0 Å². The molecule has 0 saturated carbocycles. The summed E-state index contributed by atoms with van der Waals surface area (Å²) in [5.74, 6) is -0.284. The molecule has 0 aliphatic heterocycles. The van der Waals surface area contributed by atoms with Crippen LogP contribution in [-0.4, -0.2) is 21.4 Å². The molecule has 0 aliphatic rings. The molecule has 0 unspecified atom stereocenters. The maximum absolute atomic E-state index is 13.0. The van der Waals surface area contributed by atoms with Gasteiger partial charge >= 0.3 is 0 Å². The summed E-state index contributed by atoms with van der Waals surface area (Å²) in [6, 6.07) is 34.0. The lowest BCUT2D eigenvalue weighted by molar-refractivity contribution is 0.0943. The predicted octanol–water partition coefficient (Wildman–Crippen LogP) is 5.03. The first-order valence-corrected chi connectivity index (χ1v) is 12.0. The fraction of sp³-hybridized carbons (Fsp3) is 0.0741. The number of sulfonamides is 1. The van der Waals surface area contributed by atoms with E-state index in [0.29, 0.717) is 11.3 Å². The fourth-order valence-electron chi connectivity index (χ4n) is 3.58. The third-order valence-corrected chi connectivity index (χ3v) is 7.24. The van der Waals surface area contributed by atoms with Crippen molar-refractivity contribution in [3.05, 3.63) is 132 Å². The molecule has 0 fully saturated rings. The number of carbonyl (C=O) groups excluding carboxylic acids is 1. The summed E-state index contributed by atoms with van der Waals surface area (Å²) in [5.41, 5.74) is 2.86. The molecular formula is C27H24N2O3S. The zero-order valence-corrected chi connectivity index (χ0v) is 18.9. The fourth-order valence-corrected chi connectivity index (χ4v) is 4.77. The van der Waals surface area contributed by atoms with Crippen molar-refractivity contribution >= 4 is 21.6 Å². The highest BCUT2D eigenvalue weighted by Gasteiger charge is 2.22. The number of amides is 1. The molecule has 166 valence electrons. The van der Waals surface area contributed by atoms with Gasteiger partial charge < -0.3 is 5.32 Å². The van der Waals surface area contributed by atoms with Crippen LogP contribution >= 0.6 is 0 Å². The molecular weight excluding hydrogens is 432 g/mol. The summed E-state index contributed by atoms with van der Waals surface area (Å²) in [5, 5.41) is 3.07. The summed E-state index contributed by atoms with van der Waals surface area (Å²) in [6.07, 6.45) is 0. The van der Waals surface area contributed by atoms with Crippen LogP contribution in [-0.2, 0) is 10.0 Å². The molecule has 0 spiro atoms. The normalized spacial score (nSPS) is 11.2. The van der Waals surface area contributed by atoms with Gasteiger partial charge in [0.1, 0.15) is 0 Å². The van der Waals surface area contributed by atoms with E-state index in [1.54, 1.807) is 24.3 Å². The van der Waals surface area contributed by atoms with Crippen LogP contribution in [0.5, 0.6) is 0 Å². The van der Waals surface area contributed by atoms with E-state index in [4.69, 9.17) is 0 Å². The third-order valence-electron chi connectivity index (χ3n) is 5.44. The Hall–Kier alpha value is -3.90. The molecule has 0 saturated heterocycles. The van der Waals surface area contributed by atoms with Crippen LogP contribution in [0.3, 0.4) is 0 Å². The van der Waals surface area contributed by atoms with Gasteiger partial charge in [-0.1, -0.05) is 78.9 Å². The molecule has 0 aliphatic carbocycles. The number of nitrogens with zero attached hydrogens (tertiary/aromatic N) is 1. The SMILES string of the molecule is CN(c1ccccc1)S(=O)(=O)c1ccc(C(=O)NC(c2ccccc2)c2ccccc2)cc1. The van der Waals surface area contributed by atoms with Gasteiger partial charge in [0.15, 0.2) is 0 Å². The third kappa shape index (κ3) is 4.96. The summed E-state index contributed by atoms with van der Waals surface area (Å²) in [7, 11) is -2.23. The standard InChI is InChI=1S/C27H24N2O3S/c1-29(24-15-9-4-10-16-24)33(31,32)25-19-17-23(18-20-25)27(30)28-26(21-11-5-2-6-12-21)22-13-7-3-8-14-22/h2-20,26H,1H3,(H,28,30). The van der Waals surface area contributed by atoms with Gasteiger partial charge in [0, 0.05) is 12.6 Å². The topological polar surface area (TPSA) is 66.5 Å². The molecule has 1 amide bonds. The number of benzene rings is 4. The van der Waals surface area contributed by atoms with Crippen molar-refractivity contribution in [2.75, 3.05) is 11.4 Å². The Morgan fingerprint density at radius 2 is 1.15 bits per heavy atom. The number of nitrogens with one attached hydrogen (secondary N) is 1. The van der Waals surface area contributed by atoms with Gasteiger partial charge in [-0.25, -0.2) is 8.42 Å². The van der Waals surface area contributed by atoms with Crippen LogP contribution in [0, 0.1) is 0 Å². The number of anilines is 1. The molecule has 0 aromatic heterocycles. The largest absolute Gasteiger partial charge is 0.341 e. The Balaban J connectivity index is 1.56. The predicted molar refractivity (Wildman–Crippen MR) is 131 cm³/mol. The molecule has 0 radical (unpaired) electrons. The highest BCUT2D eigenvalue weighted by atomic mass is 32.2. The zero-order valence-electron chi connectivity index (χ0n) is 18.1. The molecule has 0 atom stereocenters. The van der Waals surface area contributed by atoms with Crippen LogP contribution < -0.4 is 9.62 Å². The second-order valence-corrected chi connectivity index (χ2v) is 9.53. The van der Waals surface area contributed by atoms with E-state index in [9.17, 15) is 13.2 Å². The minimum absolute atomic E-state index is 0.119. The maximum Gasteiger partial charge on any atom is 0.264 e. The van der Waals surface area contributed by atoms with Crippen LogP contribution in [0.1, 0.15) is 27.5 Å². The van der Waals surface area contributed by atoms with Gasteiger partial charge in [0.05, 0.1) is 16.6 Å². The highest BCUT2D eigenvalue weighted by Crippen LogP contribution is 2.24. The van der Waals surface area contributed by atoms with Gasteiger partial charge in [0.25, 0.3) is 15.9 Å². The lowest BCUT2D eigenvalue weighted by Gasteiger charge is -2.21. The smallest absolute Gasteiger partial charge is 0.264 e. The van der Waals surface area contributed by atoms with Crippen LogP contribution in [0.2, 0.25) is 0 Å². The summed E-state index contributed by atoms with van der Waals surface area (Å²) in [4.78, 5) is 13.2. The minimum Gasteiger partial charge on any atom is -0.341 e. The molecule has 4 aromatic carbocycles. The lowest BCUT2D eigenvalue weighted by atomic mass is 9.98. The van der Waals surface area contributed by atoms with Crippen molar-refractivity contribution in [1.82, 2.24) is 5.32 Å². The van der Waals surface area contributed by atoms with E-state index in [1.165, 1.54) is 35.6 Å². The molecule has 0 bridgehead atoms. The molecule has 0 heterocycles. The Labute approximate surface area is 194 Å². The molecule has 1 N–H and O–H groups in total. The summed E-state index contributed by atoms with van der Waals surface area (Å²) >= 11 is 0. The molecule has 4 rings (SSSR count). The second kappa shape index (κ2) is 9.71. The first-order valence-electron chi connectivity index (χ1n) is 10.5. The van der Waals surface area contributed by atoms with E-state index in [2.05, 4.69) is 5.32 Å². The molecule has 33 heavy (non-hydrogen) atoms. The van der Waals surface area contributed by atoms with Crippen LogP contribution in [0.15, 0.2) is 120 Å². The van der Waals surface area contributed by atoms with Gasteiger partial charge in [-0.2, -0.15) is 0 Å². The Kier molecular flexibility index (Phi) is 6.56. The first kappa shape index (κ1) is 22.3. The van der Waals surface area contributed by atoms with E-state index >= 15 is 0 Å². The second-order valence-electron chi connectivity index (χ2n) is 7.56. The van der Waals surface area contributed by atoms with Gasteiger partial charge in [-0.05, 0) is 47.5 Å². The lowest BCUT2D eigenvalue weighted by Crippen LogP contribution is -2.29. The van der Waals surface area contributed by atoms with E-state index in [0.717, 1.165) is 11.1 Å². The molecule has 5 nitrogen and oxygen atoms in total. The van der Waals surface area contributed by atoms with E-state index < -0.39 is 10.0 Å². The monoisotopic (exact) mass is 456 g/mol. The number of hydrogen-bond donors (Lipinski definition) is 1. The van der Waals surface area contributed by atoms with Crippen molar-refractivity contribution in [1.29, 1.82) is 0 Å². The maximum atomic E-state index is 13.0. The quantitative estimate of drug-likeness (QED) is 0.424. The summed E-state index contributed by atoms with van der Waals surface area (Å²) in [6.45, 7) is 0. The first-order chi connectivity index (χ1) is 16.0. The van der Waals surface area contributed by atoms with Gasteiger partial charge in [-0.15, -0.1) is 0 Å². The number of hydrogen-bond acceptors (Lipinski definition) is 3. The number of para-hydroxylation sites is 1. The summed E-state index contributed by atoms with van der Waals surface area (Å²) < 4.78 is 27.2. The Morgan fingerprint density at radius 3 is 1.64 bits per heavy atom. The number of rotatable bonds is 7. The van der Waals surface area contributed by atoms with Gasteiger partial charge in [0.2, 0.25) is 0 Å². The highest BCUT2D eigenvalue weighted by molar-refractivity contribution is 7.92. The molecule has 6 heteroatoms. The Morgan fingerprint density at radius 1 is 0.697 bits per heavy atom. The average molecular weight is 457 g/mol. The number of carbonyl (C=O) groups is 1. The van der Waals surface area contributed by atoms with Crippen LogP contribution in [0.25, 0.3) is 0 Å². The zero-order chi connectivity index (χ0) is 23.3. The van der Waals surface area contributed by atoms with E-state index in [1.807, 2.05) is 66.7 Å². The minimum atomic E-state index is -3.74. The van der Waals surface area contributed by atoms with Crippen molar-refractivity contribution in [2.24, 2.45) is 0 Å². The van der Waals surface area contributed by atoms with E-state index in [-0.39, 0.29) is 16.8 Å². The van der Waals surface area contributed by atoms with Crippen molar-refractivity contribution in [3.63, 3.8) is 0 Å². The average Bonchev–Trinajstić information content (AvgIpc) is 2.88. The van der Waals surface area contributed by atoms with Gasteiger partial charge in [-0.3, -0.25) is 9.10 Å². The van der Waals surface area contributed by atoms with Crippen molar-refractivity contribution in [2.45, 2.75) is 10.9 Å².